The Bertz CT molecular complexity index is 2020. The molecule has 1 heterocycles. The molecule has 0 atom stereocenters. The van der Waals surface area contributed by atoms with E-state index < -0.39 is 11.8 Å². The number of thioether (sulfide) groups is 1. The number of rotatable bonds is 9. The lowest BCUT2D eigenvalue weighted by Crippen LogP contribution is -2.30. The van der Waals surface area contributed by atoms with Crippen molar-refractivity contribution in [1.29, 1.82) is 0 Å². The Balaban J connectivity index is 1.12. The molecule has 0 bridgehead atoms. The molecule has 1 aliphatic rings. The lowest BCUT2D eigenvalue weighted by molar-refractivity contribution is -0.114. The van der Waals surface area contributed by atoms with Crippen LogP contribution < -0.4 is 16.0 Å². The monoisotopic (exact) mass is 643 g/mol. The molecule has 46 heavy (non-hydrogen) atoms. The van der Waals surface area contributed by atoms with Crippen LogP contribution in [0.4, 0.5) is 11.4 Å². The third kappa shape index (κ3) is 6.73. The Morgan fingerprint density at radius 3 is 2.20 bits per heavy atom. The smallest absolute Gasteiger partial charge is 0.272 e. The van der Waals surface area contributed by atoms with Crippen molar-refractivity contribution in [3.8, 4) is 0 Å². The molecule has 0 unspecified atom stereocenters. The van der Waals surface area contributed by atoms with E-state index in [1.807, 2.05) is 17.5 Å². The molecule has 1 aliphatic carbocycles. The second kappa shape index (κ2) is 13.6. The summed E-state index contributed by atoms with van der Waals surface area (Å²) in [5.41, 5.74) is 2.34. The summed E-state index contributed by atoms with van der Waals surface area (Å²) in [7, 11) is 0. The molecule has 4 aromatic carbocycles. The molecule has 3 N–H and O–H groups in total. The van der Waals surface area contributed by atoms with Crippen molar-refractivity contribution in [3.63, 3.8) is 0 Å². The molecule has 0 saturated carbocycles. The van der Waals surface area contributed by atoms with Gasteiger partial charge in [-0.3, -0.25) is 24.0 Å². The molecule has 6 rings (SSSR count). The number of hydrogen-bond donors (Lipinski definition) is 3. The van der Waals surface area contributed by atoms with Crippen molar-refractivity contribution in [2.45, 2.75) is 4.90 Å². The van der Waals surface area contributed by atoms with Crippen molar-refractivity contribution in [1.82, 2.24) is 5.32 Å². The van der Waals surface area contributed by atoms with E-state index in [1.54, 1.807) is 103 Å². The molecule has 8 nitrogen and oxygen atoms in total. The molecular weight excluding hydrogens is 619 g/mol. The van der Waals surface area contributed by atoms with Crippen LogP contribution in [0.3, 0.4) is 0 Å². The van der Waals surface area contributed by atoms with Gasteiger partial charge in [-0.25, -0.2) is 0 Å². The number of ketones is 2. The van der Waals surface area contributed by atoms with E-state index in [1.165, 1.54) is 23.1 Å². The Hall–Kier alpha value is -5.58. The van der Waals surface area contributed by atoms with E-state index in [0.29, 0.717) is 27.3 Å². The highest BCUT2D eigenvalue weighted by Gasteiger charge is 2.31. The van der Waals surface area contributed by atoms with Crippen molar-refractivity contribution >= 4 is 69.8 Å². The highest BCUT2D eigenvalue weighted by Crippen LogP contribution is 2.32. The molecule has 0 radical (unpaired) electrons. The van der Waals surface area contributed by atoms with Crippen LogP contribution in [0, 0.1) is 0 Å². The topological polar surface area (TPSA) is 121 Å². The molecule has 1 aromatic heterocycles. The first-order valence-electron chi connectivity index (χ1n) is 14.1. The summed E-state index contributed by atoms with van der Waals surface area (Å²) < 4.78 is 0. The third-order valence-electron chi connectivity index (χ3n) is 7.05. The van der Waals surface area contributed by atoms with Crippen LogP contribution in [0.25, 0.3) is 6.08 Å². The Labute approximate surface area is 272 Å². The summed E-state index contributed by atoms with van der Waals surface area (Å²) in [6.45, 7) is 0. The minimum Gasteiger partial charge on any atom is -0.325 e. The first kappa shape index (κ1) is 30.4. The first-order valence-corrected chi connectivity index (χ1v) is 16.0. The number of thiophene rings is 1. The van der Waals surface area contributed by atoms with Gasteiger partial charge in [-0.1, -0.05) is 66.7 Å². The van der Waals surface area contributed by atoms with Crippen LogP contribution in [0.15, 0.2) is 125 Å². The van der Waals surface area contributed by atoms with Crippen LogP contribution in [-0.4, -0.2) is 35.0 Å². The maximum atomic E-state index is 13.3. The molecule has 10 heteroatoms. The van der Waals surface area contributed by atoms with Gasteiger partial charge < -0.3 is 16.0 Å². The summed E-state index contributed by atoms with van der Waals surface area (Å²) in [6, 6.07) is 30.8. The molecule has 226 valence electrons. The lowest BCUT2D eigenvalue weighted by Gasteiger charge is -2.20. The predicted octanol–water partition coefficient (Wildman–Crippen LogP) is 6.66. The van der Waals surface area contributed by atoms with E-state index in [0.717, 1.165) is 4.88 Å². The van der Waals surface area contributed by atoms with E-state index in [2.05, 4.69) is 16.0 Å². The van der Waals surface area contributed by atoms with Crippen molar-refractivity contribution in [2.75, 3.05) is 16.4 Å². The number of nitrogens with one attached hydrogen (secondary N) is 3. The summed E-state index contributed by atoms with van der Waals surface area (Å²) in [5, 5.41) is 10.2. The zero-order valence-corrected chi connectivity index (χ0v) is 25.7. The highest BCUT2D eigenvalue weighted by molar-refractivity contribution is 8.00. The van der Waals surface area contributed by atoms with Crippen LogP contribution in [-0.2, 0) is 9.59 Å². The number of benzene rings is 4. The molecule has 3 amide bonds. The Morgan fingerprint density at radius 1 is 0.717 bits per heavy atom. The van der Waals surface area contributed by atoms with Gasteiger partial charge in [0.25, 0.3) is 11.8 Å². The van der Waals surface area contributed by atoms with Gasteiger partial charge >= 0.3 is 0 Å². The average molecular weight is 644 g/mol. The average Bonchev–Trinajstić information content (AvgIpc) is 3.60. The third-order valence-corrected chi connectivity index (χ3v) is 8.86. The second-order valence-electron chi connectivity index (χ2n) is 10.1. The number of hydrogen-bond acceptors (Lipinski definition) is 7. The second-order valence-corrected chi connectivity index (χ2v) is 12.2. The van der Waals surface area contributed by atoms with Crippen molar-refractivity contribution in [3.05, 3.63) is 153 Å². The lowest BCUT2D eigenvalue weighted by atomic mass is 9.83. The van der Waals surface area contributed by atoms with Gasteiger partial charge in [0.1, 0.15) is 5.70 Å². The normalized spacial score (nSPS) is 12.1. The minimum absolute atomic E-state index is 0.0104. The number of anilines is 2. The first-order chi connectivity index (χ1) is 22.4. The van der Waals surface area contributed by atoms with E-state index in [9.17, 15) is 24.0 Å². The van der Waals surface area contributed by atoms with Gasteiger partial charge in [0.2, 0.25) is 5.91 Å². The molecule has 0 saturated heterocycles. The SMILES string of the molecule is O=C(CSc1cccc(NC(=O)/C(=C\c2cccs2)NC(=O)c2ccccc2)c1)Nc1cccc2c1C(=O)c1ccccc1C2=O. The van der Waals surface area contributed by atoms with E-state index in [-0.39, 0.29) is 45.7 Å². The highest BCUT2D eigenvalue weighted by atomic mass is 32.2. The van der Waals surface area contributed by atoms with Gasteiger partial charge in [0, 0.05) is 37.7 Å². The van der Waals surface area contributed by atoms with Gasteiger partial charge in [-0.2, -0.15) is 0 Å². The predicted molar refractivity (Wildman–Crippen MR) is 180 cm³/mol. The van der Waals surface area contributed by atoms with Crippen molar-refractivity contribution in [2.24, 2.45) is 0 Å². The number of fused-ring (bicyclic) bond motifs is 2. The maximum absolute atomic E-state index is 13.3. The zero-order chi connectivity index (χ0) is 32.0. The summed E-state index contributed by atoms with van der Waals surface area (Å²) in [5.74, 6) is -1.85. The zero-order valence-electron chi connectivity index (χ0n) is 24.1. The molecule has 5 aromatic rings. The number of carbonyl (C=O) groups is 5. The van der Waals surface area contributed by atoms with Crippen LogP contribution in [0.1, 0.15) is 47.1 Å². The molecule has 0 fully saturated rings. The standard InChI is InChI=1S/C36H25N3O5S2/c40-31(38-29-17-7-16-28-32(29)34(42)27-15-5-4-14-26(27)33(28)41)21-46-24-12-6-11-23(19-24)37-36(44)30(20-25-13-8-18-45-25)39-35(43)22-9-2-1-3-10-22/h1-20H,21H2,(H,37,44)(H,38,40)(H,39,43)/b30-20+. The fourth-order valence-electron chi connectivity index (χ4n) is 4.90. The van der Waals surface area contributed by atoms with Crippen LogP contribution in [0.5, 0.6) is 0 Å². The van der Waals surface area contributed by atoms with Crippen LogP contribution in [0.2, 0.25) is 0 Å². The quantitative estimate of drug-likeness (QED) is 0.120. The Kier molecular flexibility index (Phi) is 9.00. The minimum atomic E-state index is -0.507. The van der Waals surface area contributed by atoms with Crippen molar-refractivity contribution < 1.29 is 24.0 Å². The number of amides is 3. The van der Waals surface area contributed by atoms with Crippen LogP contribution >= 0.6 is 23.1 Å². The largest absolute Gasteiger partial charge is 0.325 e. The van der Waals surface area contributed by atoms with Gasteiger partial charge in [0.05, 0.1) is 17.0 Å². The summed E-state index contributed by atoms with van der Waals surface area (Å²) in [6.07, 6.45) is 1.61. The van der Waals surface area contributed by atoms with Gasteiger partial charge in [-0.15, -0.1) is 23.1 Å². The van der Waals surface area contributed by atoms with Gasteiger partial charge in [-0.05, 0) is 53.9 Å². The molecule has 0 aliphatic heterocycles. The fourth-order valence-corrected chi connectivity index (χ4v) is 6.32. The summed E-state index contributed by atoms with van der Waals surface area (Å²) in [4.78, 5) is 66.9. The molecular formula is C36H25N3O5S2. The number of carbonyl (C=O) groups excluding carboxylic acids is 5. The summed E-state index contributed by atoms with van der Waals surface area (Å²) >= 11 is 2.67. The molecule has 0 spiro atoms. The Morgan fingerprint density at radius 2 is 1.43 bits per heavy atom. The fraction of sp³-hybridized carbons (Fsp3) is 0.0278. The maximum Gasteiger partial charge on any atom is 0.272 e. The van der Waals surface area contributed by atoms with Gasteiger partial charge in [0.15, 0.2) is 11.6 Å². The van der Waals surface area contributed by atoms with E-state index >= 15 is 0 Å². The van der Waals surface area contributed by atoms with E-state index in [4.69, 9.17) is 0 Å².